The molecular formula is C34H24O4. The summed E-state index contributed by atoms with van der Waals surface area (Å²) in [6, 6.07) is 18.1. The van der Waals surface area contributed by atoms with Crippen LogP contribution >= 0.6 is 0 Å². The normalized spacial score (nSPS) is 8.26. The molecule has 0 amide bonds. The van der Waals surface area contributed by atoms with Crippen LogP contribution in [0.25, 0.3) is 22.3 Å². The van der Waals surface area contributed by atoms with E-state index in [4.69, 9.17) is 12.8 Å². The van der Waals surface area contributed by atoms with E-state index in [9.17, 15) is 19.2 Å². The summed E-state index contributed by atoms with van der Waals surface area (Å²) in [5.74, 6) is 20.0. The topological polar surface area (TPSA) is 68.3 Å². The predicted octanol–water partition coefficient (Wildman–Crippen LogP) is 3.92. The lowest BCUT2D eigenvalue weighted by atomic mass is 9.94. The van der Waals surface area contributed by atoms with Crippen LogP contribution in [0, 0.1) is 60.2 Å². The smallest absolute Gasteiger partial charge is 0.242 e. The molecule has 38 heavy (non-hydrogen) atoms. The van der Waals surface area contributed by atoms with Gasteiger partial charge in [-0.05, 0) is 50.7 Å². The summed E-state index contributed by atoms with van der Waals surface area (Å²) in [4.78, 5) is 44.9. The van der Waals surface area contributed by atoms with Crippen molar-refractivity contribution in [3.63, 3.8) is 0 Å². The van der Waals surface area contributed by atoms with E-state index < -0.39 is 21.7 Å². The molecule has 0 fully saturated rings. The molecule has 4 nitrogen and oxygen atoms in total. The number of terminal acetylenes is 2. The van der Waals surface area contributed by atoms with Gasteiger partial charge >= 0.3 is 0 Å². The molecule has 4 aromatic rings. The predicted molar refractivity (Wildman–Crippen MR) is 155 cm³/mol. The van der Waals surface area contributed by atoms with Gasteiger partial charge in [0, 0.05) is 0 Å². The first-order valence-electron chi connectivity index (χ1n) is 11.2. The van der Waals surface area contributed by atoms with Crippen LogP contribution in [0.15, 0.2) is 79.8 Å². The molecule has 0 heterocycles. The van der Waals surface area contributed by atoms with Crippen LogP contribution in [0.3, 0.4) is 0 Å². The number of hydrogen-bond acceptors (Lipinski definition) is 4. The first kappa shape index (κ1) is 30.4. The minimum absolute atomic E-state index is 0.196. The SMILES string of the molecule is C#CC#CC.C#Cc1c(-c2ccccc2)c(=O)c1=O.CC#CC.CC#Cc1c(-c2ccccc2)c(=O)c1=O. The standard InChI is InChI=1S/C13H8O2.C12H6O2.C5H4.C4H6/c1-2-6-10-11(13(15)12(10)14)9-7-4-3-5-8-9;1-2-9-10(12(14)11(9)13)8-6-4-3-5-7-8;1-3-5-4-2;1-3-4-2/h3-5,7-8H,1H3;1,3-7H;1H,2H3;1-2H3. The van der Waals surface area contributed by atoms with Crippen molar-refractivity contribution in [3.8, 4) is 82.5 Å². The molecule has 0 atom stereocenters. The minimum Gasteiger partial charge on any atom is -0.285 e. The number of rotatable bonds is 2. The summed E-state index contributed by atoms with van der Waals surface area (Å²) in [7, 11) is 0. The van der Waals surface area contributed by atoms with Gasteiger partial charge in [-0.3, -0.25) is 19.2 Å². The van der Waals surface area contributed by atoms with Crippen molar-refractivity contribution >= 4 is 0 Å². The first-order valence-corrected chi connectivity index (χ1v) is 11.2. The van der Waals surface area contributed by atoms with E-state index in [0.29, 0.717) is 22.3 Å². The molecule has 0 saturated heterocycles. The van der Waals surface area contributed by atoms with Crippen LogP contribution in [0.1, 0.15) is 38.8 Å². The fourth-order valence-corrected chi connectivity index (χ4v) is 3.00. The quantitative estimate of drug-likeness (QED) is 0.312. The Morgan fingerprint density at radius 3 is 1.26 bits per heavy atom. The van der Waals surface area contributed by atoms with Crippen LogP contribution in [-0.2, 0) is 0 Å². The summed E-state index contributed by atoms with van der Waals surface area (Å²) in [5, 5.41) is 0. The Balaban J connectivity index is 0.000000291. The second-order valence-corrected chi connectivity index (χ2v) is 7.09. The van der Waals surface area contributed by atoms with Crippen LogP contribution in [0.4, 0.5) is 0 Å². The van der Waals surface area contributed by atoms with Crippen molar-refractivity contribution < 1.29 is 0 Å². The van der Waals surface area contributed by atoms with Crippen LogP contribution < -0.4 is 21.7 Å². The molecule has 0 unspecified atom stereocenters. The zero-order valence-corrected chi connectivity index (χ0v) is 21.6. The van der Waals surface area contributed by atoms with Gasteiger partial charge in [0.25, 0.3) is 0 Å². The maximum Gasteiger partial charge on any atom is 0.242 e. The molecule has 4 aromatic carbocycles. The Labute approximate surface area is 222 Å². The molecule has 0 N–H and O–H groups in total. The molecule has 0 aliphatic rings. The van der Waals surface area contributed by atoms with Crippen LogP contribution in [0.2, 0.25) is 0 Å². The molecule has 0 aliphatic heterocycles. The molecule has 4 rings (SSSR count). The fourth-order valence-electron chi connectivity index (χ4n) is 3.00. The molecule has 4 heteroatoms. The second kappa shape index (κ2) is 16.1. The third-order valence-corrected chi connectivity index (χ3v) is 4.79. The highest BCUT2D eigenvalue weighted by Gasteiger charge is 2.20. The molecule has 0 bridgehead atoms. The largest absolute Gasteiger partial charge is 0.285 e. The molecule has 0 spiro atoms. The maximum absolute atomic E-state index is 11.4. The van der Waals surface area contributed by atoms with Gasteiger partial charge in [-0.2, -0.15) is 0 Å². The van der Waals surface area contributed by atoms with E-state index in [0.717, 1.165) is 5.56 Å². The zero-order chi connectivity index (χ0) is 28.5. The lowest BCUT2D eigenvalue weighted by Crippen LogP contribution is -2.36. The molecular weight excluding hydrogens is 472 g/mol. The summed E-state index contributed by atoms with van der Waals surface area (Å²) in [6.07, 6.45) is 9.85. The van der Waals surface area contributed by atoms with Gasteiger partial charge in [0.05, 0.1) is 22.3 Å². The Morgan fingerprint density at radius 2 is 0.947 bits per heavy atom. The summed E-state index contributed by atoms with van der Waals surface area (Å²) < 4.78 is 0. The van der Waals surface area contributed by atoms with E-state index in [1.165, 1.54) is 0 Å². The third kappa shape index (κ3) is 7.70. The number of benzene rings is 2. The highest BCUT2D eigenvalue weighted by atomic mass is 16.2. The Bertz CT molecular complexity index is 1780. The highest BCUT2D eigenvalue weighted by molar-refractivity contribution is 5.75. The molecule has 0 aliphatic carbocycles. The van der Waals surface area contributed by atoms with Crippen LogP contribution in [-0.4, -0.2) is 0 Å². The fraction of sp³-hybridized carbons (Fsp3) is 0.118. The van der Waals surface area contributed by atoms with Crippen molar-refractivity contribution in [3.05, 3.63) is 113 Å². The average Bonchev–Trinajstić information content (AvgIpc) is 2.97. The average molecular weight is 497 g/mol. The monoisotopic (exact) mass is 496 g/mol. The van der Waals surface area contributed by atoms with Gasteiger partial charge in [0.15, 0.2) is 0 Å². The van der Waals surface area contributed by atoms with Gasteiger partial charge in [0.1, 0.15) is 0 Å². The van der Waals surface area contributed by atoms with E-state index in [2.05, 4.69) is 47.4 Å². The van der Waals surface area contributed by atoms with Gasteiger partial charge < -0.3 is 0 Å². The summed E-state index contributed by atoms with van der Waals surface area (Å²) in [5.41, 5.74) is 0.908. The second-order valence-electron chi connectivity index (χ2n) is 7.09. The van der Waals surface area contributed by atoms with Gasteiger partial charge in [-0.1, -0.05) is 78.4 Å². The van der Waals surface area contributed by atoms with Gasteiger partial charge in [0.2, 0.25) is 21.7 Å². The molecule has 0 aromatic heterocycles. The molecule has 0 saturated carbocycles. The summed E-state index contributed by atoms with van der Waals surface area (Å²) in [6.45, 7) is 6.99. The highest BCUT2D eigenvalue weighted by Crippen LogP contribution is 2.18. The number of hydrogen-bond donors (Lipinski definition) is 0. The van der Waals surface area contributed by atoms with Crippen molar-refractivity contribution in [1.29, 1.82) is 0 Å². The molecule has 0 radical (unpaired) electrons. The van der Waals surface area contributed by atoms with Crippen molar-refractivity contribution in [2.45, 2.75) is 27.7 Å². The minimum atomic E-state index is -0.550. The van der Waals surface area contributed by atoms with E-state index in [-0.39, 0.29) is 5.56 Å². The maximum atomic E-state index is 11.4. The van der Waals surface area contributed by atoms with Gasteiger partial charge in [-0.25, -0.2) is 0 Å². The third-order valence-electron chi connectivity index (χ3n) is 4.79. The van der Waals surface area contributed by atoms with Crippen LogP contribution in [0.5, 0.6) is 0 Å². The van der Waals surface area contributed by atoms with E-state index in [1.54, 1.807) is 50.2 Å². The summed E-state index contributed by atoms with van der Waals surface area (Å²) >= 11 is 0. The van der Waals surface area contributed by atoms with Crippen molar-refractivity contribution in [2.75, 3.05) is 0 Å². The molecule has 184 valence electrons. The van der Waals surface area contributed by atoms with Gasteiger partial charge in [-0.15, -0.1) is 30.6 Å². The lowest BCUT2D eigenvalue weighted by Gasteiger charge is -2.05. The van der Waals surface area contributed by atoms with Crippen molar-refractivity contribution in [2.24, 2.45) is 0 Å². The van der Waals surface area contributed by atoms with E-state index >= 15 is 0 Å². The van der Waals surface area contributed by atoms with Crippen molar-refractivity contribution in [1.82, 2.24) is 0 Å². The Morgan fingerprint density at radius 1 is 0.526 bits per heavy atom. The first-order chi connectivity index (χ1) is 18.3. The lowest BCUT2D eigenvalue weighted by molar-refractivity contribution is 1.37. The zero-order valence-electron chi connectivity index (χ0n) is 21.6. The van der Waals surface area contributed by atoms with E-state index in [1.807, 2.05) is 38.1 Å². The Hall–Kier alpha value is -5.60. The Kier molecular flexibility index (Phi) is 12.9.